The van der Waals surface area contributed by atoms with Crippen molar-refractivity contribution in [1.82, 2.24) is 10.1 Å². The molecule has 0 spiro atoms. The molecule has 1 unspecified atom stereocenters. The number of hydrogen-bond donors (Lipinski definition) is 2. The summed E-state index contributed by atoms with van der Waals surface area (Å²) in [5.74, 6) is 0.960. The molecule has 5 nitrogen and oxygen atoms in total. The third-order valence-electron chi connectivity index (χ3n) is 2.39. The van der Waals surface area contributed by atoms with E-state index in [-0.39, 0.29) is 12.6 Å². The van der Waals surface area contributed by atoms with Crippen molar-refractivity contribution in [3.63, 3.8) is 0 Å². The van der Waals surface area contributed by atoms with E-state index in [0.717, 1.165) is 11.1 Å². The molecule has 0 saturated carbocycles. The van der Waals surface area contributed by atoms with Gasteiger partial charge in [-0.05, 0) is 18.9 Å². The number of benzene rings is 1. The molecule has 0 aliphatic carbocycles. The van der Waals surface area contributed by atoms with Crippen molar-refractivity contribution in [3.05, 3.63) is 35.7 Å². The Morgan fingerprint density at radius 2 is 2.06 bits per heavy atom. The van der Waals surface area contributed by atoms with Gasteiger partial charge < -0.3 is 15.4 Å². The van der Waals surface area contributed by atoms with Crippen molar-refractivity contribution < 1.29 is 9.63 Å². The maximum absolute atomic E-state index is 9.27. The van der Waals surface area contributed by atoms with Crippen LogP contribution >= 0.6 is 0 Å². The van der Waals surface area contributed by atoms with Crippen LogP contribution < -0.4 is 5.73 Å². The first-order valence-electron chi connectivity index (χ1n) is 5.49. The van der Waals surface area contributed by atoms with E-state index < -0.39 is 0 Å². The molecule has 1 aromatic carbocycles. The minimum Gasteiger partial charge on any atom is -0.393 e. The highest BCUT2D eigenvalue weighted by molar-refractivity contribution is 5.54. The van der Waals surface area contributed by atoms with Crippen LogP contribution in [0.5, 0.6) is 0 Å². The van der Waals surface area contributed by atoms with Gasteiger partial charge in [0.05, 0.1) is 12.6 Å². The SMILES string of the molecule is CC(O)Cc1ccc(-c2noc(CN)n2)cc1. The van der Waals surface area contributed by atoms with Crippen molar-refractivity contribution in [2.24, 2.45) is 5.73 Å². The van der Waals surface area contributed by atoms with Gasteiger partial charge in [-0.3, -0.25) is 0 Å². The smallest absolute Gasteiger partial charge is 0.240 e. The molecule has 0 amide bonds. The van der Waals surface area contributed by atoms with Crippen LogP contribution in [0.3, 0.4) is 0 Å². The minimum absolute atomic E-state index is 0.243. The standard InChI is InChI=1S/C12H15N3O2/c1-8(16)6-9-2-4-10(5-3-9)12-14-11(7-13)17-15-12/h2-5,8,16H,6-7,13H2,1H3. The third-order valence-corrected chi connectivity index (χ3v) is 2.39. The van der Waals surface area contributed by atoms with Crippen LogP contribution in [0.2, 0.25) is 0 Å². The van der Waals surface area contributed by atoms with Gasteiger partial charge in [0.25, 0.3) is 0 Å². The fourth-order valence-electron chi connectivity index (χ4n) is 1.59. The van der Waals surface area contributed by atoms with Gasteiger partial charge in [0.15, 0.2) is 0 Å². The molecule has 1 heterocycles. The average Bonchev–Trinajstić information content (AvgIpc) is 2.78. The van der Waals surface area contributed by atoms with Crippen LogP contribution in [0.1, 0.15) is 18.4 Å². The lowest BCUT2D eigenvalue weighted by atomic mass is 10.1. The zero-order chi connectivity index (χ0) is 12.3. The quantitative estimate of drug-likeness (QED) is 0.826. The number of aliphatic hydroxyl groups is 1. The molecule has 0 aliphatic rings. The summed E-state index contributed by atoms with van der Waals surface area (Å²) in [6.07, 6.45) is 0.301. The molecule has 5 heteroatoms. The molecule has 0 radical (unpaired) electrons. The van der Waals surface area contributed by atoms with Gasteiger partial charge in [0, 0.05) is 5.56 Å². The molecule has 0 fully saturated rings. The van der Waals surface area contributed by atoms with Crippen molar-refractivity contribution in [2.75, 3.05) is 0 Å². The molecule has 3 N–H and O–H groups in total. The maximum Gasteiger partial charge on any atom is 0.240 e. The van der Waals surface area contributed by atoms with Crippen molar-refractivity contribution in [3.8, 4) is 11.4 Å². The Labute approximate surface area is 99.3 Å². The molecule has 0 saturated heterocycles. The number of aromatic nitrogens is 2. The molecule has 1 aromatic heterocycles. The first-order chi connectivity index (χ1) is 8.19. The van der Waals surface area contributed by atoms with Crippen LogP contribution in [-0.2, 0) is 13.0 Å². The second kappa shape index (κ2) is 5.07. The van der Waals surface area contributed by atoms with Gasteiger partial charge in [0.2, 0.25) is 11.7 Å². The Kier molecular flexibility index (Phi) is 3.51. The van der Waals surface area contributed by atoms with Crippen LogP contribution in [0.4, 0.5) is 0 Å². The van der Waals surface area contributed by atoms with E-state index in [1.807, 2.05) is 24.3 Å². The molecule has 0 bridgehead atoms. The molecule has 1 atom stereocenters. The highest BCUT2D eigenvalue weighted by Crippen LogP contribution is 2.17. The van der Waals surface area contributed by atoms with E-state index in [1.165, 1.54) is 0 Å². The number of aliphatic hydroxyl groups excluding tert-OH is 1. The molecule has 17 heavy (non-hydrogen) atoms. The summed E-state index contributed by atoms with van der Waals surface area (Å²) in [6.45, 7) is 2.01. The fourth-order valence-corrected chi connectivity index (χ4v) is 1.59. The van der Waals surface area contributed by atoms with Gasteiger partial charge in [-0.2, -0.15) is 4.98 Å². The normalized spacial score (nSPS) is 12.6. The predicted octanol–water partition coefficient (Wildman–Crippen LogP) is 1.12. The number of rotatable bonds is 4. The van der Waals surface area contributed by atoms with Crippen molar-refractivity contribution in [2.45, 2.75) is 26.0 Å². The Bertz CT molecular complexity index is 477. The molecular formula is C12H15N3O2. The lowest BCUT2D eigenvalue weighted by molar-refractivity contribution is 0.195. The van der Waals surface area contributed by atoms with Crippen LogP contribution in [-0.4, -0.2) is 21.4 Å². The Hall–Kier alpha value is -1.72. The second-order valence-corrected chi connectivity index (χ2v) is 3.97. The Morgan fingerprint density at radius 3 is 2.59 bits per heavy atom. The summed E-state index contributed by atoms with van der Waals surface area (Å²) in [5.41, 5.74) is 7.35. The van der Waals surface area contributed by atoms with Gasteiger partial charge in [-0.1, -0.05) is 29.4 Å². The highest BCUT2D eigenvalue weighted by Gasteiger charge is 2.07. The van der Waals surface area contributed by atoms with Crippen molar-refractivity contribution >= 4 is 0 Å². The molecule has 2 rings (SSSR count). The van der Waals surface area contributed by atoms with E-state index >= 15 is 0 Å². The van der Waals surface area contributed by atoms with Gasteiger partial charge >= 0.3 is 0 Å². The topological polar surface area (TPSA) is 85.2 Å². The first-order valence-corrected chi connectivity index (χ1v) is 5.49. The first kappa shape index (κ1) is 11.8. The van der Waals surface area contributed by atoms with Crippen LogP contribution in [0.15, 0.2) is 28.8 Å². The van der Waals surface area contributed by atoms with Crippen LogP contribution in [0.25, 0.3) is 11.4 Å². The highest BCUT2D eigenvalue weighted by atomic mass is 16.5. The van der Waals surface area contributed by atoms with E-state index in [0.29, 0.717) is 18.1 Å². The largest absolute Gasteiger partial charge is 0.393 e. The predicted molar refractivity (Wildman–Crippen MR) is 63.0 cm³/mol. The Morgan fingerprint density at radius 1 is 1.35 bits per heavy atom. The third kappa shape index (κ3) is 2.89. The summed E-state index contributed by atoms with van der Waals surface area (Å²) in [6, 6.07) is 7.70. The maximum atomic E-state index is 9.27. The summed E-state index contributed by atoms with van der Waals surface area (Å²) >= 11 is 0. The number of nitrogens with two attached hydrogens (primary N) is 1. The van der Waals surface area contributed by atoms with Crippen LogP contribution in [0, 0.1) is 0 Å². The minimum atomic E-state index is -0.338. The summed E-state index contributed by atoms with van der Waals surface area (Å²) < 4.78 is 4.94. The lowest BCUT2D eigenvalue weighted by Gasteiger charge is -2.04. The summed E-state index contributed by atoms with van der Waals surface area (Å²) in [5, 5.41) is 13.1. The second-order valence-electron chi connectivity index (χ2n) is 3.97. The monoisotopic (exact) mass is 233 g/mol. The molecule has 2 aromatic rings. The zero-order valence-corrected chi connectivity index (χ0v) is 9.63. The van der Waals surface area contributed by atoms with Gasteiger partial charge in [-0.25, -0.2) is 0 Å². The van der Waals surface area contributed by atoms with E-state index in [1.54, 1.807) is 6.92 Å². The van der Waals surface area contributed by atoms with Gasteiger partial charge in [-0.15, -0.1) is 0 Å². The molecular weight excluding hydrogens is 218 g/mol. The van der Waals surface area contributed by atoms with E-state index in [2.05, 4.69) is 10.1 Å². The fraction of sp³-hybridized carbons (Fsp3) is 0.333. The Balaban J connectivity index is 2.17. The summed E-state index contributed by atoms with van der Waals surface area (Å²) in [4.78, 5) is 4.14. The average molecular weight is 233 g/mol. The molecule has 0 aliphatic heterocycles. The lowest BCUT2D eigenvalue weighted by Crippen LogP contribution is -2.03. The summed E-state index contributed by atoms with van der Waals surface area (Å²) in [7, 11) is 0. The zero-order valence-electron chi connectivity index (χ0n) is 9.63. The molecule has 90 valence electrons. The number of hydrogen-bond acceptors (Lipinski definition) is 5. The van der Waals surface area contributed by atoms with E-state index in [9.17, 15) is 5.11 Å². The van der Waals surface area contributed by atoms with Gasteiger partial charge in [0.1, 0.15) is 0 Å². The number of nitrogens with zero attached hydrogens (tertiary/aromatic N) is 2. The van der Waals surface area contributed by atoms with Crippen molar-refractivity contribution in [1.29, 1.82) is 0 Å². The van der Waals surface area contributed by atoms with E-state index in [4.69, 9.17) is 10.3 Å².